The molecule has 7 aliphatic heterocycles. The minimum atomic E-state index is -1.67. The number of hydrogen-bond donors (Lipinski definition) is 4. The van der Waals surface area contributed by atoms with Crippen molar-refractivity contribution < 1.29 is 172 Å². The van der Waals surface area contributed by atoms with Crippen LogP contribution in [0.15, 0.2) is 24.3 Å². The highest BCUT2D eigenvalue weighted by molar-refractivity contribution is 5.92. The standard InChI is InChI=1S/C83H125N3O36/c1-35-27-101-76(66(38(35)4)108-50(16)88)104-31-59-41(7)42(8)69(111-53(19)91)80(116-59)120-64-44(10)71(113-55(21)93)82(118-61(64)33-105-77-67(109-51(17)89)39(5)36(2)28-102-77)122-65-45(11)72(114-56(22)94)81(119-62(65)34-106-78-68(110-52(18)90)40(6)37(3)29-103-78)121-63-43(9)70(112-54(20)92)79(117-60(63)32-100-49(15)87)115-58-25-23-57(24-26-58)30-107-83(99)86-47(13)74(96)84-46(12)73(95)85-48(14)75(97)98/h23-26,35-48,59-72,76-82H,27-34H2,1-22H3,(H,84,96)(H,85,95)(H,86,99)(H,97,98)/t35-,36-,37-,38+,39?,40+,41+,42+,43?,44?,45+,46+,47+,48+,59?,60+,61+,62?,63+,64+,65+,66?,67?,68?,69?,70?,71?,72?,76-,77-,78-,79-,80+,81+,82+/m1/s1. The van der Waals surface area contributed by atoms with E-state index in [2.05, 4.69) is 16.0 Å². The summed E-state index contributed by atoms with van der Waals surface area (Å²) in [5, 5.41) is 16.2. The van der Waals surface area contributed by atoms with E-state index in [1.165, 1.54) is 79.7 Å². The van der Waals surface area contributed by atoms with Crippen LogP contribution < -0.4 is 20.7 Å². The molecule has 4 N–H and O–H groups in total. The molecule has 39 nitrogen and oxygen atoms in total. The number of carboxylic acid groups (broad SMARTS) is 1. The van der Waals surface area contributed by atoms with Crippen molar-refractivity contribution in [2.75, 3.05) is 46.2 Å². The fourth-order valence-electron chi connectivity index (χ4n) is 15.6. The average molecular weight is 1740 g/mol. The molecule has 688 valence electrons. The van der Waals surface area contributed by atoms with Crippen molar-refractivity contribution in [3.8, 4) is 5.75 Å². The number of alkyl carbamates (subject to hydrolysis) is 1. The molecule has 0 spiro atoms. The number of aliphatic carboxylic acids is 1. The SMILES string of the molecule is CC(=O)OC[C@@H]1O[C@@H](Oc2ccc(COC(=O)N[C@@H](C)C(=O)N[C@@H](C)C(=O)N[C@@H](C)C(=O)O)cc2)C(OC(C)=O)C(C)[C@@H]1O[C@@H]1OC(CO[C@H]2OC[C@@H](C)[C@H](C)C2OC(C)=O)[C@@H](O[C@@H]2O[C@@H](CO[C@H]3OC[C@@H](C)C(C)C3OC(C)=O)[C@@H](O[C@@H]3OC(CO[C@H]4OC[C@@H](C)[C@H](C)C4OC(C)=O)[C@@H](C)[C@H](C)C3OC(C)=O)C(C)C2OC(C)=O)[C@H](C)C1OC(C)=O. The van der Waals surface area contributed by atoms with E-state index >= 15 is 0 Å². The lowest BCUT2D eigenvalue weighted by molar-refractivity contribution is -0.381. The lowest BCUT2D eigenvalue weighted by Gasteiger charge is -2.52. The largest absolute Gasteiger partial charge is 0.480 e. The predicted molar refractivity (Wildman–Crippen MR) is 415 cm³/mol. The van der Waals surface area contributed by atoms with Crippen molar-refractivity contribution in [1.82, 2.24) is 16.0 Å². The van der Waals surface area contributed by atoms with Gasteiger partial charge in [-0.1, -0.05) is 88.3 Å². The van der Waals surface area contributed by atoms with Gasteiger partial charge in [-0.25, -0.2) is 4.79 Å². The quantitative estimate of drug-likeness (QED) is 0.0519. The third-order valence-corrected chi connectivity index (χ3v) is 23.5. The maximum absolute atomic E-state index is 13.8. The van der Waals surface area contributed by atoms with E-state index in [1.807, 2.05) is 55.4 Å². The first-order valence-corrected chi connectivity index (χ1v) is 41.6. The summed E-state index contributed by atoms with van der Waals surface area (Å²) in [4.78, 5) is 154. The van der Waals surface area contributed by atoms with Gasteiger partial charge in [-0.2, -0.15) is 0 Å². The minimum Gasteiger partial charge on any atom is -0.480 e. The lowest BCUT2D eigenvalue weighted by Crippen LogP contribution is -2.65. The fraction of sp³-hybridized carbons (Fsp3) is 0.783. The zero-order chi connectivity index (χ0) is 90.2. The minimum absolute atomic E-state index is 0.0181. The summed E-state index contributed by atoms with van der Waals surface area (Å²) in [7, 11) is 0. The molecule has 7 fully saturated rings. The molecule has 0 bridgehead atoms. The van der Waals surface area contributed by atoms with Gasteiger partial charge in [0.05, 0.1) is 64.1 Å². The van der Waals surface area contributed by atoms with Crippen molar-refractivity contribution in [2.24, 2.45) is 65.1 Å². The molecular formula is C83H125N3O36. The normalized spacial score (nSPS) is 36.6. The molecule has 7 heterocycles. The molecular weight excluding hydrogens is 1610 g/mol. The van der Waals surface area contributed by atoms with Gasteiger partial charge >= 0.3 is 59.8 Å². The van der Waals surface area contributed by atoms with Crippen molar-refractivity contribution in [2.45, 2.75) is 307 Å². The van der Waals surface area contributed by atoms with Crippen molar-refractivity contribution >= 4 is 71.6 Å². The molecule has 7 saturated heterocycles. The summed E-state index contributed by atoms with van der Waals surface area (Å²) in [6, 6.07) is 2.49. The van der Waals surface area contributed by atoms with E-state index in [0.717, 1.165) is 20.8 Å². The second-order valence-corrected chi connectivity index (χ2v) is 33.2. The zero-order valence-corrected chi connectivity index (χ0v) is 73.4. The Kier molecular flexibility index (Phi) is 36.8. The van der Waals surface area contributed by atoms with E-state index < -0.39 is 269 Å². The van der Waals surface area contributed by atoms with Gasteiger partial charge in [0.1, 0.15) is 55.4 Å². The summed E-state index contributed by atoms with van der Waals surface area (Å²) >= 11 is 0. The summed E-state index contributed by atoms with van der Waals surface area (Å²) in [5.41, 5.74) is 0.431. The number of amides is 3. The van der Waals surface area contributed by atoms with Gasteiger partial charge in [0.15, 0.2) is 80.5 Å². The van der Waals surface area contributed by atoms with Crippen molar-refractivity contribution in [1.29, 1.82) is 0 Å². The molecule has 0 saturated carbocycles. The van der Waals surface area contributed by atoms with Crippen LogP contribution in [0.2, 0.25) is 0 Å². The summed E-state index contributed by atoms with van der Waals surface area (Å²) < 4.78 is 147. The first-order valence-electron chi connectivity index (χ1n) is 41.6. The van der Waals surface area contributed by atoms with Crippen LogP contribution in [0.5, 0.6) is 5.75 Å². The molecule has 39 heteroatoms. The van der Waals surface area contributed by atoms with Gasteiger partial charge < -0.3 is 130 Å². The maximum Gasteiger partial charge on any atom is 0.408 e. The van der Waals surface area contributed by atoms with E-state index in [-0.39, 0.29) is 67.7 Å². The number of benzene rings is 1. The van der Waals surface area contributed by atoms with E-state index in [4.69, 9.17) is 114 Å². The van der Waals surface area contributed by atoms with Gasteiger partial charge in [0, 0.05) is 96.8 Å². The molecule has 1 aromatic rings. The molecule has 0 aliphatic carbocycles. The number of hydrogen-bond acceptors (Lipinski definition) is 35. The second kappa shape index (κ2) is 45.2. The molecule has 8 rings (SSSR count). The number of carboxylic acids is 1. The first kappa shape index (κ1) is 99.4. The van der Waals surface area contributed by atoms with Crippen LogP contribution in [-0.2, 0) is 164 Å². The highest BCUT2D eigenvalue weighted by atomic mass is 16.8. The van der Waals surface area contributed by atoms with E-state index in [1.54, 1.807) is 20.8 Å². The Balaban J connectivity index is 1.12. The highest BCUT2D eigenvalue weighted by Gasteiger charge is 2.58. The molecule has 7 aliphatic rings. The molecule has 12 unspecified atom stereocenters. The Hall–Kier alpha value is -8.06. The smallest absolute Gasteiger partial charge is 0.408 e. The maximum atomic E-state index is 13.8. The predicted octanol–water partition coefficient (Wildman–Crippen LogP) is 5.03. The van der Waals surface area contributed by atoms with Crippen LogP contribution >= 0.6 is 0 Å². The first-order chi connectivity index (χ1) is 57.4. The van der Waals surface area contributed by atoms with Crippen LogP contribution in [0.4, 0.5) is 4.79 Å². The molecule has 1 aromatic carbocycles. The Morgan fingerprint density at radius 2 is 0.648 bits per heavy atom. The lowest BCUT2D eigenvalue weighted by atomic mass is 9.83. The van der Waals surface area contributed by atoms with Gasteiger partial charge in [0.25, 0.3) is 0 Å². The zero-order valence-electron chi connectivity index (χ0n) is 73.4. The Labute approximate surface area is 709 Å². The number of carbonyl (C=O) groups excluding carboxylic acids is 11. The third kappa shape index (κ3) is 27.0. The monoisotopic (exact) mass is 1740 g/mol. The Bertz CT molecular complexity index is 3700. The van der Waals surface area contributed by atoms with Crippen LogP contribution in [0.1, 0.15) is 158 Å². The average Bonchev–Trinajstić information content (AvgIpc) is 0.761. The Morgan fingerprint density at radius 1 is 0.344 bits per heavy atom. The number of nitrogens with one attached hydrogen (secondary N) is 3. The molecule has 0 aromatic heterocycles. The van der Waals surface area contributed by atoms with Crippen LogP contribution in [0, 0.1) is 65.1 Å². The van der Waals surface area contributed by atoms with Crippen molar-refractivity contribution in [3.05, 3.63) is 29.8 Å². The molecule has 0 radical (unpaired) electrons. The van der Waals surface area contributed by atoms with Gasteiger partial charge in [-0.3, -0.25) is 52.7 Å². The van der Waals surface area contributed by atoms with Gasteiger partial charge in [0.2, 0.25) is 18.1 Å². The number of carbonyl (C=O) groups is 12. The Morgan fingerprint density at radius 3 is 1.00 bits per heavy atom. The number of esters is 8. The summed E-state index contributed by atoms with van der Waals surface area (Å²) in [5.74, 6) is -13.2. The fourth-order valence-corrected chi connectivity index (χ4v) is 15.6. The van der Waals surface area contributed by atoms with Crippen LogP contribution in [0.3, 0.4) is 0 Å². The molecule has 122 heavy (non-hydrogen) atoms. The summed E-state index contributed by atoms with van der Waals surface area (Å²) in [6.07, 6.45) is -27.5. The van der Waals surface area contributed by atoms with Crippen molar-refractivity contribution in [3.63, 3.8) is 0 Å². The topological polar surface area (TPSA) is 473 Å². The van der Waals surface area contributed by atoms with E-state index in [9.17, 15) is 57.5 Å². The summed E-state index contributed by atoms with van der Waals surface area (Å²) in [6.45, 7) is 32.7. The van der Waals surface area contributed by atoms with Crippen LogP contribution in [-0.4, -0.2) is 271 Å². The molecule has 3 amide bonds. The van der Waals surface area contributed by atoms with E-state index in [0.29, 0.717) is 12.2 Å². The third-order valence-electron chi connectivity index (χ3n) is 23.5. The molecule has 35 atom stereocenters. The van der Waals surface area contributed by atoms with Gasteiger partial charge in [-0.05, 0) is 62.1 Å². The number of rotatable bonds is 34. The van der Waals surface area contributed by atoms with Gasteiger partial charge in [-0.15, -0.1) is 0 Å². The van der Waals surface area contributed by atoms with Crippen LogP contribution in [0.25, 0.3) is 0 Å². The number of ether oxygens (including phenoxy) is 23. The highest BCUT2D eigenvalue weighted by Crippen LogP contribution is 2.44. The second-order valence-electron chi connectivity index (χ2n) is 33.2.